The fourth-order valence-corrected chi connectivity index (χ4v) is 2.97. The first-order valence-electron chi connectivity index (χ1n) is 7.05. The number of ether oxygens (including phenoxy) is 2. The van der Waals surface area contributed by atoms with Crippen LogP contribution in [-0.4, -0.2) is 41.8 Å². The molecule has 0 unspecified atom stereocenters. The van der Waals surface area contributed by atoms with Crippen LogP contribution in [0.3, 0.4) is 0 Å². The summed E-state index contributed by atoms with van der Waals surface area (Å²) < 4.78 is 9.99. The second-order valence-corrected chi connectivity index (χ2v) is 5.75. The number of carbonyl (C=O) groups is 3. The van der Waals surface area contributed by atoms with Crippen molar-refractivity contribution in [1.82, 2.24) is 4.90 Å². The first kappa shape index (κ1) is 17.1. The summed E-state index contributed by atoms with van der Waals surface area (Å²) in [5.41, 5.74) is 0.735. The Kier molecular flexibility index (Phi) is 5.44. The molecule has 0 saturated carbocycles. The van der Waals surface area contributed by atoms with Gasteiger partial charge < -0.3 is 9.47 Å². The third-order valence-corrected chi connectivity index (χ3v) is 4.11. The number of carbonyl (C=O) groups excluding carboxylic acids is 3. The van der Waals surface area contributed by atoms with E-state index in [1.807, 2.05) is 0 Å². The maximum atomic E-state index is 12.4. The van der Waals surface area contributed by atoms with Crippen molar-refractivity contribution in [1.29, 1.82) is 0 Å². The molecule has 1 heterocycles. The standard InChI is InChI=1S/C16H17NO5S/c1-4-22-15(19)10(2)17-14(18)13(23-16(17)20)9-11-6-5-7-12(8-11)21-3/h5-10H,4H2,1-3H3/b13-9+/t10-/m1/s1. The first-order valence-corrected chi connectivity index (χ1v) is 7.87. The molecule has 0 bridgehead atoms. The van der Waals surface area contributed by atoms with Crippen LogP contribution in [-0.2, 0) is 14.3 Å². The number of hydrogen-bond donors (Lipinski definition) is 0. The van der Waals surface area contributed by atoms with Gasteiger partial charge in [-0.3, -0.25) is 14.5 Å². The zero-order valence-electron chi connectivity index (χ0n) is 13.1. The number of rotatable bonds is 5. The molecule has 1 aromatic rings. The Labute approximate surface area is 138 Å². The van der Waals surface area contributed by atoms with Crippen molar-refractivity contribution in [2.45, 2.75) is 19.9 Å². The van der Waals surface area contributed by atoms with Crippen molar-refractivity contribution in [2.75, 3.05) is 13.7 Å². The van der Waals surface area contributed by atoms with Crippen molar-refractivity contribution in [2.24, 2.45) is 0 Å². The molecule has 7 heteroatoms. The third-order valence-electron chi connectivity index (χ3n) is 3.23. The number of esters is 1. The molecule has 2 rings (SSSR count). The van der Waals surface area contributed by atoms with Gasteiger partial charge in [0.15, 0.2) is 0 Å². The summed E-state index contributed by atoms with van der Waals surface area (Å²) >= 11 is 0.804. The van der Waals surface area contributed by atoms with Crippen molar-refractivity contribution in [3.05, 3.63) is 34.7 Å². The molecule has 0 aromatic heterocycles. The van der Waals surface area contributed by atoms with Crippen molar-refractivity contribution in [3.8, 4) is 5.75 Å². The van der Waals surface area contributed by atoms with Crippen LogP contribution in [0.15, 0.2) is 29.2 Å². The Balaban J connectivity index is 2.23. The molecule has 1 aliphatic rings. The minimum atomic E-state index is -0.946. The smallest absolute Gasteiger partial charge is 0.329 e. The van der Waals surface area contributed by atoms with E-state index in [-0.39, 0.29) is 11.5 Å². The summed E-state index contributed by atoms with van der Waals surface area (Å²) in [6, 6.07) is 6.18. The molecule has 1 saturated heterocycles. The SMILES string of the molecule is CCOC(=O)[C@@H](C)N1C(=O)S/C(=C/c2cccc(OC)c2)C1=O. The van der Waals surface area contributed by atoms with E-state index in [9.17, 15) is 14.4 Å². The maximum Gasteiger partial charge on any atom is 0.329 e. The number of benzene rings is 1. The Morgan fingerprint density at radius 3 is 2.78 bits per heavy atom. The molecule has 0 radical (unpaired) electrons. The van der Waals surface area contributed by atoms with Gasteiger partial charge in [0, 0.05) is 0 Å². The summed E-state index contributed by atoms with van der Waals surface area (Å²) in [5.74, 6) is -0.446. The van der Waals surface area contributed by atoms with E-state index in [2.05, 4.69) is 0 Å². The van der Waals surface area contributed by atoms with Gasteiger partial charge in [-0.2, -0.15) is 0 Å². The van der Waals surface area contributed by atoms with Crippen molar-refractivity contribution < 1.29 is 23.9 Å². The molecule has 6 nitrogen and oxygen atoms in total. The highest BCUT2D eigenvalue weighted by atomic mass is 32.2. The summed E-state index contributed by atoms with van der Waals surface area (Å²) in [4.78, 5) is 37.4. The van der Waals surface area contributed by atoms with Crippen LogP contribution in [0.1, 0.15) is 19.4 Å². The van der Waals surface area contributed by atoms with Crippen LogP contribution < -0.4 is 4.74 Å². The third kappa shape index (κ3) is 3.73. The van der Waals surface area contributed by atoms with E-state index in [1.165, 1.54) is 6.92 Å². The highest BCUT2D eigenvalue weighted by Crippen LogP contribution is 2.34. The molecule has 1 atom stereocenters. The molecular weight excluding hydrogens is 318 g/mol. The fraction of sp³-hybridized carbons (Fsp3) is 0.312. The number of methoxy groups -OCH3 is 1. The van der Waals surface area contributed by atoms with Gasteiger partial charge in [-0.1, -0.05) is 12.1 Å². The molecule has 2 amide bonds. The summed E-state index contributed by atoms with van der Waals surface area (Å²) in [6.45, 7) is 3.34. The quantitative estimate of drug-likeness (QED) is 0.608. The molecule has 0 spiro atoms. The lowest BCUT2D eigenvalue weighted by Gasteiger charge is -2.19. The average Bonchev–Trinajstić information content (AvgIpc) is 2.81. The van der Waals surface area contributed by atoms with Gasteiger partial charge in [0.05, 0.1) is 18.6 Å². The molecule has 122 valence electrons. The first-order chi connectivity index (χ1) is 11.0. The van der Waals surface area contributed by atoms with Crippen LogP contribution in [0.5, 0.6) is 5.75 Å². The number of hydrogen-bond acceptors (Lipinski definition) is 6. The highest BCUT2D eigenvalue weighted by molar-refractivity contribution is 8.18. The van der Waals surface area contributed by atoms with Crippen LogP contribution >= 0.6 is 11.8 Å². The van der Waals surface area contributed by atoms with E-state index in [0.717, 1.165) is 22.2 Å². The van der Waals surface area contributed by atoms with E-state index < -0.39 is 23.2 Å². The van der Waals surface area contributed by atoms with Crippen molar-refractivity contribution in [3.63, 3.8) is 0 Å². The van der Waals surface area contributed by atoms with E-state index in [4.69, 9.17) is 9.47 Å². The Hall–Kier alpha value is -2.28. The van der Waals surface area contributed by atoms with Gasteiger partial charge in [0.25, 0.3) is 11.1 Å². The van der Waals surface area contributed by atoms with Gasteiger partial charge in [0.2, 0.25) is 0 Å². The van der Waals surface area contributed by atoms with Gasteiger partial charge >= 0.3 is 5.97 Å². The zero-order chi connectivity index (χ0) is 17.0. The number of imide groups is 1. The second kappa shape index (κ2) is 7.32. The van der Waals surface area contributed by atoms with Crippen LogP contribution in [0.4, 0.5) is 4.79 Å². The minimum absolute atomic E-state index is 0.193. The lowest BCUT2D eigenvalue weighted by molar-refractivity contribution is -0.150. The molecule has 0 aliphatic carbocycles. The summed E-state index contributed by atoms with van der Waals surface area (Å²) in [5, 5.41) is -0.482. The van der Waals surface area contributed by atoms with Crippen LogP contribution in [0, 0.1) is 0 Å². The lowest BCUT2D eigenvalue weighted by Crippen LogP contribution is -2.42. The molecule has 1 fully saturated rings. The molecular formula is C16H17NO5S. The molecule has 23 heavy (non-hydrogen) atoms. The summed E-state index contributed by atoms with van der Waals surface area (Å²) in [6.07, 6.45) is 1.60. The second-order valence-electron chi connectivity index (χ2n) is 4.76. The van der Waals surface area contributed by atoms with Crippen LogP contribution in [0.2, 0.25) is 0 Å². The predicted octanol–water partition coefficient (Wildman–Crippen LogP) is 2.68. The normalized spacial score (nSPS) is 17.5. The maximum absolute atomic E-state index is 12.4. The Morgan fingerprint density at radius 1 is 1.39 bits per heavy atom. The Morgan fingerprint density at radius 2 is 2.13 bits per heavy atom. The highest BCUT2D eigenvalue weighted by Gasteiger charge is 2.41. The van der Waals surface area contributed by atoms with E-state index in [1.54, 1.807) is 44.4 Å². The lowest BCUT2D eigenvalue weighted by atomic mass is 10.2. The van der Waals surface area contributed by atoms with E-state index in [0.29, 0.717) is 5.75 Å². The van der Waals surface area contributed by atoms with Gasteiger partial charge in [-0.05, 0) is 49.4 Å². The topological polar surface area (TPSA) is 72.9 Å². The predicted molar refractivity (Wildman–Crippen MR) is 86.9 cm³/mol. The summed E-state index contributed by atoms with van der Waals surface area (Å²) in [7, 11) is 1.55. The van der Waals surface area contributed by atoms with E-state index >= 15 is 0 Å². The fourth-order valence-electron chi connectivity index (χ4n) is 2.06. The number of nitrogens with zero attached hydrogens (tertiary/aromatic N) is 1. The van der Waals surface area contributed by atoms with Gasteiger partial charge in [-0.15, -0.1) is 0 Å². The largest absolute Gasteiger partial charge is 0.497 e. The zero-order valence-corrected chi connectivity index (χ0v) is 13.9. The Bertz CT molecular complexity index is 670. The van der Waals surface area contributed by atoms with Crippen LogP contribution in [0.25, 0.3) is 6.08 Å². The minimum Gasteiger partial charge on any atom is -0.497 e. The monoisotopic (exact) mass is 335 g/mol. The molecule has 1 aliphatic heterocycles. The van der Waals surface area contributed by atoms with Gasteiger partial charge in [-0.25, -0.2) is 4.79 Å². The van der Waals surface area contributed by atoms with Gasteiger partial charge in [0.1, 0.15) is 11.8 Å². The molecule has 0 N–H and O–H groups in total. The molecule has 1 aromatic carbocycles. The number of thioether (sulfide) groups is 1. The van der Waals surface area contributed by atoms with Crippen molar-refractivity contribution >= 4 is 35.0 Å². The number of amides is 2. The average molecular weight is 335 g/mol.